The fraction of sp³-hybridized carbons (Fsp3) is 0.415. The van der Waals surface area contributed by atoms with Gasteiger partial charge >= 0.3 is 5.97 Å². The van der Waals surface area contributed by atoms with E-state index in [1.807, 2.05) is 26.0 Å². The lowest BCUT2D eigenvalue weighted by Crippen LogP contribution is -2.64. The van der Waals surface area contributed by atoms with Crippen LogP contribution in [-0.4, -0.2) is 36.6 Å². The quantitative estimate of drug-likeness (QED) is 0.130. The summed E-state index contributed by atoms with van der Waals surface area (Å²) in [6.07, 6.45) is 14.0. The number of ether oxygens (including phenoxy) is 1. The average molecular weight is 639 g/mol. The third-order valence-corrected chi connectivity index (χ3v) is 15.2. The largest absolute Gasteiger partial charge is 0.452 e. The van der Waals surface area contributed by atoms with E-state index in [1.165, 1.54) is 34.2 Å². The van der Waals surface area contributed by atoms with Gasteiger partial charge < -0.3 is 9.84 Å². The first-order valence-corrected chi connectivity index (χ1v) is 18.6. The number of rotatable bonds is 9. The highest BCUT2D eigenvalue weighted by molar-refractivity contribution is 7.04. The SMILES string of the molecule is CC(C)=CCC[C@]1(C)C=C[C@@H](OC(=O)C=C(C)C)[C@](C)(O)/C=C/C(=O)/C(C[Si](c2ccccc2)(c2ccccc2)C(C)(C)C)=C\C1. The first-order chi connectivity index (χ1) is 21.5. The van der Waals surface area contributed by atoms with E-state index in [-0.39, 0.29) is 16.2 Å². The van der Waals surface area contributed by atoms with Gasteiger partial charge in [0.2, 0.25) is 0 Å². The van der Waals surface area contributed by atoms with Crippen LogP contribution >= 0.6 is 0 Å². The Morgan fingerprint density at radius 2 is 1.50 bits per heavy atom. The van der Waals surface area contributed by atoms with Crippen LogP contribution in [0, 0.1) is 5.41 Å². The maximum Gasteiger partial charge on any atom is 0.331 e. The molecule has 0 amide bonds. The topological polar surface area (TPSA) is 63.6 Å². The van der Waals surface area contributed by atoms with Crippen molar-refractivity contribution in [3.63, 3.8) is 0 Å². The second-order valence-corrected chi connectivity index (χ2v) is 19.7. The smallest absolute Gasteiger partial charge is 0.331 e. The molecule has 2 aromatic rings. The van der Waals surface area contributed by atoms with Gasteiger partial charge in [0.15, 0.2) is 11.9 Å². The van der Waals surface area contributed by atoms with Gasteiger partial charge in [-0.05, 0) is 94.2 Å². The normalized spacial score (nSPS) is 24.2. The molecule has 1 aliphatic carbocycles. The molecule has 0 saturated carbocycles. The van der Waals surface area contributed by atoms with Crippen LogP contribution in [0.5, 0.6) is 0 Å². The molecule has 246 valence electrons. The van der Waals surface area contributed by atoms with Gasteiger partial charge in [0.25, 0.3) is 0 Å². The van der Waals surface area contributed by atoms with E-state index >= 15 is 0 Å². The lowest BCUT2D eigenvalue weighted by molar-refractivity contribution is -0.148. The van der Waals surface area contributed by atoms with Crippen LogP contribution in [0.3, 0.4) is 0 Å². The van der Waals surface area contributed by atoms with E-state index in [4.69, 9.17) is 4.74 Å². The molecule has 4 nitrogen and oxygen atoms in total. The van der Waals surface area contributed by atoms with Crippen molar-refractivity contribution in [3.05, 3.63) is 120 Å². The van der Waals surface area contributed by atoms with Crippen molar-refractivity contribution in [2.75, 3.05) is 0 Å². The minimum Gasteiger partial charge on any atom is -0.452 e. The van der Waals surface area contributed by atoms with E-state index in [0.29, 0.717) is 12.5 Å². The Morgan fingerprint density at radius 1 is 0.935 bits per heavy atom. The molecule has 0 radical (unpaired) electrons. The van der Waals surface area contributed by atoms with Crippen LogP contribution < -0.4 is 10.4 Å². The molecule has 3 rings (SSSR count). The van der Waals surface area contributed by atoms with Gasteiger partial charge in [-0.3, -0.25) is 4.79 Å². The van der Waals surface area contributed by atoms with E-state index in [0.717, 1.165) is 24.0 Å². The summed E-state index contributed by atoms with van der Waals surface area (Å²) in [5, 5.41) is 14.1. The second kappa shape index (κ2) is 15.4. The molecule has 0 fully saturated rings. The number of ketones is 1. The molecule has 3 atom stereocenters. The van der Waals surface area contributed by atoms with Crippen LogP contribution in [-0.2, 0) is 14.3 Å². The average Bonchev–Trinajstić information content (AvgIpc) is 2.99. The molecular formula is C41H54O4Si. The van der Waals surface area contributed by atoms with E-state index < -0.39 is 25.7 Å². The zero-order valence-corrected chi connectivity index (χ0v) is 30.4. The molecule has 1 N–H and O–H groups in total. The fourth-order valence-corrected chi connectivity index (χ4v) is 11.7. The molecule has 0 aliphatic heterocycles. The number of esters is 1. The minimum absolute atomic E-state index is 0.129. The van der Waals surface area contributed by atoms with Crippen molar-refractivity contribution in [2.24, 2.45) is 5.41 Å². The molecule has 1 aliphatic rings. The van der Waals surface area contributed by atoms with Gasteiger partial charge in [0.05, 0.1) is 0 Å². The van der Waals surface area contributed by atoms with E-state index in [9.17, 15) is 14.7 Å². The Hall–Kier alpha value is -3.54. The first kappa shape index (κ1) is 36.9. The molecule has 0 bridgehead atoms. The summed E-state index contributed by atoms with van der Waals surface area (Å²) in [7, 11) is -2.62. The van der Waals surface area contributed by atoms with Crippen molar-refractivity contribution in [3.8, 4) is 0 Å². The highest BCUT2D eigenvalue weighted by atomic mass is 28.3. The van der Waals surface area contributed by atoms with Crippen LogP contribution in [0.25, 0.3) is 0 Å². The molecule has 0 unspecified atom stereocenters. The first-order valence-electron chi connectivity index (χ1n) is 16.4. The molecule has 5 heteroatoms. The summed E-state index contributed by atoms with van der Waals surface area (Å²) in [6, 6.07) is 22.0. The molecule has 0 saturated heterocycles. The number of allylic oxidation sites excluding steroid dienone is 7. The Labute approximate surface area is 278 Å². The lowest BCUT2D eigenvalue weighted by Gasteiger charge is -2.44. The predicted octanol–water partition coefficient (Wildman–Crippen LogP) is 8.44. The van der Waals surface area contributed by atoms with Crippen LogP contribution in [0.15, 0.2) is 120 Å². The molecular weight excluding hydrogens is 585 g/mol. The number of benzene rings is 2. The second-order valence-electron chi connectivity index (χ2n) is 14.8. The van der Waals surface area contributed by atoms with Gasteiger partial charge in [-0.2, -0.15) is 0 Å². The highest BCUT2D eigenvalue weighted by Crippen LogP contribution is 2.42. The van der Waals surface area contributed by atoms with Crippen molar-refractivity contribution < 1.29 is 19.4 Å². The van der Waals surface area contributed by atoms with Gasteiger partial charge in [0, 0.05) is 6.08 Å². The minimum atomic E-state index is -2.62. The van der Waals surface area contributed by atoms with Crippen molar-refractivity contribution >= 4 is 30.2 Å². The zero-order valence-electron chi connectivity index (χ0n) is 29.4. The zero-order chi connectivity index (χ0) is 34.2. The standard InChI is InChI=1S/C41H54O4Si/c1-31(2)17-16-25-40(8)26-22-33(36(42)23-28-41(9,44)37(24-27-40)45-38(43)29-32(3)4)30-46(39(5,6)7,34-18-12-10-13-19-34)35-20-14-11-15-21-35/h10-15,17-24,27-29,37,44H,16,25-26,30H2,1-9H3/b27-24?,28-23+,33-22-/t37-,40+,41-/m1/s1. The summed E-state index contributed by atoms with van der Waals surface area (Å²) in [4.78, 5) is 27.0. The van der Waals surface area contributed by atoms with Crippen molar-refractivity contribution in [1.82, 2.24) is 0 Å². The predicted molar refractivity (Wildman–Crippen MR) is 195 cm³/mol. The van der Waals surface area contributed by atoms with Gasteiger partial charge in [0.1, 0.15) is 13.7 Å². The van der Waals surface area contributed by atoms with Crippen molar-refractivity contribution in [1.29, 1.82) is 0 Å². The van der Waals surface area contributed by atoms with E-state index in [2.05, 4.69) is 108 Å². The Balaban J connectivity index is 2.23. The van der Waals surface area contributed by atoms with E-state index in [1.54, 1.807) is 13.0 Å². The lowest BCUT2D eigenvalue weighted by atomic mass is 9.80. The number of carbonyl (C=O) groups excluding carboxylic acids is 2. The number of aliphatic hydroxyl groups is 1. The molecule has 46 heavy (non-hydrogen) atoms. The van der Waals surface area contributed by atoms with Gasteiger partial charge in [-0.1, -0.05) is 128 Å². The van der Waals surface area contributed by atoms with Gasteiger partial charge in [-0.15, -0.1) is 0 Å². The molecule has 0 heterocycles. The Morgan fingerprint density at radius 3 is 2.00 bits per heavy atom. The maximum absolute atomic E-state index is 14.3. The number of carbonyl (C=O) groups is 2. The fourth-order valence-electron chi connectivity index (χ4n) is 6.31. The third kappa shape index (κ3) is 9.49. The van der Waals surface area contributed by atoms with Gasteiger partial charge in [-0.25, -0.2) is 4.79 Å². The summed E-state index contributed by atoms with van der Waals surface area (Å²) in [6.45, 7) is 18.5. The molecule has 2 aromatic carbocycles. The molecule has 0 spiro atoms. The third-order valence-electron chi connectivity index (χ3n) is 9.14. The summed E-state index contributed by atoms with van der Waals surface area (Å²) >= 11 is 0. The van der Waals surface area contributed by atoms with Crippen LogP contribution in [0.2, 0.25) is 11.1 Å². The van der Waals surface area contributed by atoms with Crippen LogP contribution in [0.4, 0.5) is 0 Å². The maximum atomic E-state index is 14.3. The number of hydrogen-bond acceptors (Lipinski definition) is 4. The molecule has 0 aromatic heterocycles. The summed E-state index contributed by atoms with van der Waals surface area (Å²) < 4.78 is 5.79. The number of hydrogen-bond donors (Lipinski definition) is 1. The Kier molecular flexibility index (Phi) is 12.3. The highest BCUT2D eigenvalue weighted by Gasteiger charge is 2.48. The van der Waals surface area contributed by atoms with Crippen molar-refractivity contribution in [2.45, 2.75) is 104 Å². The summed E-state index contributed by atoms with van der Waals surface area (Å²) in [5.41, 5.74) is 0.848. The van der Waals surface area contributed by atoms with Crippen LogP contribution in [0.1, 0.15) is 81.6 Å². The Bertz CT molecular complexity index is 1450. The monoisotopic (exact) mass is 638 g/mol. The summed E-state index contributed by atoms with van der Waals surface area (Å²) in [5.74, 6) is -0.655.